The van der Waals surface area contributed by atoms with Crippen LogP contribution in [0.15, 0.2) is 71.5 Å². The first-order chi connectivity index (χ1) is 9.24. The van der Waals surface area contributed by atoms with Crippen molar-refractivity contribution in [3.05, 3.63) is 82.4 Å². The van der Waals surface area contributed by atoms with Gasteiger partial charge in [-0.3, -0.25) is 4.79 Å². The number of carbonyl (C=O) groups is 1. The number of nitrogens with zero attached hydrogens (tertiary/aromatic N) is 1. The zero-order chi connectivity index (χ0) is 13.7. The molecule has 0 unspecified atom stereocenters. The molecule has 0 bridgehead atoms. The molecule has 4 heteroatoms. The molecular weight excluding hydrogens is 242 g/mol. The second kappa shape index (κ2) is 5.73. The van der Waals surface area contributed by atoms with E-state index in [1.54, 1.807) is 60.7 Å². The van der Waals surface area contributed by atoms with E-state index in [4.69, 9.17) is 0 Å². The Morgan fingerprint density at radius 1 is 0.842 bits per heavy atom. The highest BCUT2D eigenvalue weighted by molar-refractivity contribution is 6.12. The topological polar surface area (TPSA) is 66.7 Å². The molecule has 2 rings (SSSR count). The number of hydrogen-bond acceptors (Lipinski definition) is 4. The molecule has 0 saturated carbocycles. The summed E-state index contributed by atoms with van der Waals surface area (Å²) in [5.74, 6) is -1.01. The first kappa shape index (κ1) is 12.7. The molecule has 0 aliphatic rings. The van der Waals surface area contributed by atoms with Gasteiger partial charge in [0, 0.05) is 11.1 Å². The van der Waals surface area contributed by atoms with Gasteiger partial charge in [0.2, 0.25) is 5.78 Å². The molecule has 2 aromatic rings. The summed E-state index contributed by atoms with van der Waals surface area (Å²) in [4.78, 5) is 22.9. The van der Waals surface area contributed by atoms with Crippen molar-refractivity contribution in [3.8, 4) is 0 Å². The van der Waals surface area contributed by atoms with Crippen molar-refractivity contribution in [1.82, 2.24) is 0 Å². The van der Waals surface area contributed by atoms with Gasteiger partial charge >= 0.3 is 0 Å². The zero-order valence-electron chi connectivity index (χ0n) is 9.98. The van der Waals surface area contributed by atoms with Crippen molar-refractivity contribution in [3.63, 3.8) is 0 Å². The maximum Gasteiger partial charge on any atom is 0.218 e. The monoisotopic (exact) mass is 253 g/mol. The van der Waals surface area contributed by atoms with Crippen LogP contribution in [0, 0.1) is 4.91 Å². The minimum atomic E-state index is -0.600. The van der Waals surface area contributed by atoms with Crippen molar-refractivity contribution >= 4 is 11.5 Å². The molecule has 94 valence electrons. The van der Waals surface area contributed by atoms with Gasteiger partial charge in [-0.15, -0.1) is 4.91 Å². The fourth-order valence-electron chi connectivity index (χ4n) is 1.65. The summed E-state index contributed by atoms with van der Waals surface area (Å²) in [6, 6.07) is 16.6. The van der Waals surface area contributed by atoms with Crippen LogP contribution < -0.4 is 0 Å². The van der Waals surface area contributed by atoms with Gasteiger partial charge in [0.1, 0.15) is 0 Å². The number of Topliss-reactive ketones (excluding diaryl/α,β-unsaturated/α-hetero) is 1. The number of hydrogen-bond donors (Lipinski definition) is 1. The molecule has 2 aromatic carbocycles. The van der Waals surface area contributed by atoms with E-state index in [9.17, 15) is 14.8 Å². The highest BCUT2D eigenvalue weighted by Gasteiger charge is 2.19. The molecular formula is C15H11NO3. The van der Waals surface area contributed by atoms with Crippen molar-refractivity contribution in [2.24, 2.45) is 5.18 Å². The van der Waals surface area contributed by atoms with Crippen LogP contribution in [0.3, 0.4) is 0 Å². The fraction of sp³-hybridized carbons (Fsp3) is 0. The van der Waals surface area contributed by atoms with Crippen LogP contribution in [0.25, 0.3) is 5.76 Å². The number of aliphatic hydroxyl groups excluding tert-OH is 1. The molecule has 0 amide bonds. The Morgan fingerprint density at radius 2 is 1.32 bits per heavy atom. The summed E-state index contributed by atoms with van der Waals surface area (Å²) in [5, 5.41) is 12.6. The summed E-state index contributed by atoms with van der Waals surface area (Å²) in [5.41, 5.74) is 0.193. The number of ketones is 1. The minimum absolute atomic E-state index is 0.305. The third-order valence-electron chi connectivity index (χ3n) is 2.61. The Balaban J connectivity index is 2.45. The van der Waals surface area contributed by atoms with Crippen molar-refractivity contribution in [2.45, 2.75) is 0 Å². The summed E-state index contributed by atoms with van der Waals surface area (Å²) < 4.78 is 0. The summed E-state index contributed by atoms with van der Waals surface area (Å²) >= 11 is 0. The Morgan fingerprint density at radius 3 is 1.79 bits per heavy atom. The molecule has 4 nitrogen and oxygen atoms in total. The average Bonchev–Trinajstić information content (AvgIpc) is 2.49. The highest BCUT2D eigenvalue weighted by atomic mass is 16.3. The second-order valence-corrected chi connectivity index (χ2v) is 3.85. The van der Waals surface area contributed by atoms with E-state index in [2.05, 4.69) is 5.18 Å². The lowest BCUT2D eigenvalue weighted by Crippen LogP contribution is -2.04. The van der Waals surface area contributed by atoms with E-state index in [-0.39, 0.29) is 0 Å². The molecule has 0 spiro atoms. The maximum atomic E-state index is 12.1. The molecule has 0 radical (unpaired) electrons. The molecule has 1 N–H and O–H groups in total. The lowest BCUT2D eigenvalue weighted by Gasteiger charge is -2.03. The maximum absolute atomic E-state index is 12.1. The fourth-order valence-corrected chi connectivity index (χ4v) is 1.65. The summed E-state index contributed by atoms with van der Waals surface area (Å²) in [6.07, 6.45) is 0. The van der Waals surface area contributed by atoms with E-state index in [0.29, 0.717) is 11.1 Å². The second-order valence-electron chi connectivity index (χ2n) is 3.85. The standard InChI is InChI=1S/C15H11NO3/c17-14(11-7-3-1-4-8-11)13(16-19)15(18)12-9-5-2-6-10-12/h1-10,17H/b14-13+. The van der Waals surface area contributed by atoms with Gasteiger partial charge in [-0.25, -0.2) is 0 Å². The van der Waals surface area contributed by atoms with E-state index in [1.165, 1.54) is 0 Å². The molecule has 0 aliphatic carbocycles. The van der Waals surface area contributed by atoms with Gasteiger partial charge < -0.3 is 5.11 Å². The summed E-state index contributed by atoms with van der Waals surface area (Å²) in [7, 11) is 0. The zero-order valence-corrected chi connectivity index (χ0v) is 9.98. The first-order valence-corrected chi connectivity index (χ1v) is 5.66. The van der Waals surface area contributed by atoms with Gasteiger partial charge in [-0.05, 0) is 5.18 Å². The van der Waals surface area contributed by atoms with Gasteiger partial charge in [0.05, 0.1) is 0 Å². The SMILES string of the molecule is O=N/C(C(=O)c1ccccc1)=C(/O)c1ccccc1. The number of rotatable bonds is 4. The Labute approximate surface area is 110 Å². The smallest absolute Gasteiger partial charge is 0.218 e. The van der Waals surface area contributed by atoms with Crippen LogP contribution in [0.1, 0.15) is 15.9 Å². The van der Waals surface area contributed by atoms with E-state index in [0.717, 1.165) is 0 Å². The Hall–Kier alpha value is -2.75. The lowest BCUT2D eigenvalue weighted by atomic mass is 10.1. The van der Waals surface area contributed by atoms with Crippen LogP contribution in [0.2, 0.25) is 0 Å². The predicted molar refractivity (Wildman–Crippen MR) is 72.6 cm³/mol. The number of aliphatic hydroxyl groups is 1. The van der Waals surface area contributed by atoms with Crippen LogP contribution in [-0.2, 0) is 0 Å². The molecule has 19 heavy (non-hydrogen) atoms. The number of allylic oxidation sites excluding steroid dienone is 1. The number of benzene rings is 2. The normalized spacial score (nSPS) is 11.6. The molecule has 0 heterocycles. The molecule has 0 fully saturated rings. The quantitative estimate of drug-likeness (QED) is 0.392. The van der Waals surface area contributed by atoms with Crippen LogP contribution >= 0.6 is 0 Å². The van der Waals surface area contributed by atoms with Gasteiger partial charge in [0.15, 0.2) is 11.5 Å². The van der Waals surface area contributed by atoms with E-state index >= 15 is 0 Å². The molecule has 0 aliphatic heterocycles. The molecule has 0 atom stereocenters. The van der Waals surface area contributed by atoms with Crippen LogP contribution in [0.5, 0.6) is 0 Å². The largest absolute Gasteiger partial charge is 0.505 e. The third kappa shape index (κ3) is 2.74. The summed E-state index contributed by atoms with van der Waals surface area (Å²) in [6.45, 7) is 0. The Bertz CT molecular complexity index is 618. The van der Waals surface area contributed by atoms with Gasteiger partial charge in [-0.1, -0.05) is 60.7 Å². The number of nitroso groups, excluding NO2 is 1. The van der Waals surface area contributed by atoms with Crippen molar-refractivity contribution in [2.75, 3.05) is 0 Å². The van der Waals surface area contributed by atoms with Crippen LogP contribution in [-0.4, -0.2) is 10.9 Å². The lowest BCUT2D eigenvalue weighted by molar-refractivity contribution is 0.103. The third-order valence-corrected chi connectivity index (χ3v) is 2.61. The predicted octanol–water partition coefficient (Wildman–Crippen LogP) is 3.56. The first-order valence-electron chi connectivity index (χ1n) is 5.66. The Kier molecular flexibility index (Phi) is 3.83. The van der Waals surface area contributed by atoms with Gasteiger partial charge in [-0.2, -0.15) is 0 Å². The molecule has 0 aromatic heterocycles. The minimum Gasteiger partial charge on any atom is -0.505 e. The van der Waals surface area contributed by atoms with Crippen molar-refractivity contribution < 1.29 is 9.90 Å². The van der Waals surface area contributed by atoms with Crippen molar-refractivity contribution in [1.29, 1.82) is 0 Å². The highest BCUT2D eigenvalue weighted by Crippen LogP contribution is 2.20. The van der Waals surface area contributed by atoms with Crippen LogP contribution in [0.4, 0.5) is 0 Å². The number of carbonyl (C=O) groups excluding carboxylic acids is 1. The molecule has 0 saturated heterocycles. The average molecular weight is 253 g/mol. The van der Waals surface area contributed by atoms with E-state index < -0.39 is 17.2 Å². The van der Waals surface area contributed by atoms with E-state index in [1.807, 2.05) is 0 Å². The van der Waals surface area contributed by atoms with Gasteiger partial charge in [0.25, 0.3) is 0 Å².